The zero-order chi connectivity index (χ0) is 15.2. The lowest BCUT2D eigenvalue weighted by molar-refractivity contribution is 0.124. The van der Waals surface area contributed by atoms with Crippen molar-refractivity contribution in [3.8, 4) is 5.75 Å². The first-order valence-electron chi connectivity index (χ1n) is 6.87. The Morgan fingerprint density at radius 1 is 1.14 bits per heavy atom. The van der Waals surface area contributed by atoms with Crippen LogP contribution in [0.4, 0.5) is 0 Å². The van der Waals surface area contributed by atoms with Gasteiger partial charge >= 0.3 is 0 Å². The number of hydrogen-bond acceptors (Lipinski definition) is 4. The highest BCUT2D eigenvalue weighted by molar-refractivity contribution is 7.98. The summed E-state index contributed by atoms with van der Waals surface area (Å²) in [6.45, 7) is 1.24. The average Bonchev–Trinajstić information content (AvgIpc) is 2.47. The molecule has 0 aliphatic carbocycles. The number of thioether (sulfide) groups is 1. The molecular formula is C17H21NO2S. The molecule has 0 aliphatic rings. The topological polar surface area (TPSA) is 43.7 Å². The van der Waals surface area contributed by atoms with Crippen LogP contribution in [0.2, 0.25) is 0 Å². The monoisotopic (exact) mass is 303 g/mol. The maximum Gasteiger partial charge on any atom is 0.115 e. The number of aliphatic hydroxyl groups is 1. The number of likely N-dealkylation sites (N-methyl/N-ethyl adjacent to an activating group) is 1. The molecule has 3 nitrogen and oxygen atoms in total. The molecule has 1 atom stereocenters. The van der Waals surface area contributed by atoms with Gasteiger partial charge in [0, 0.05) is 18.0 Å². The van der Waals surface area contributed by atoms with E-state index in [-0.39, 0.29) is 5.75 Å². The molecule has 0 heterocycles. The average molecular weight is 303 g/mol. The third-order valence-corrected chi connectivity index (χ3v) is 4.09. The minimum Gasteiger partial charge on any atom is -0.508 e. The molecule has 0 saturated heterocycles. The first kappa shape index (κ1) is 15.9. The van der Waals surface area contributed by atoms with Crippen molar-refractivity contribution in [2.45, 2.75) is 17.5 Å². The van der Waals surface area contributed by atoms with Gasteiger partial charge in [-0.25, -0.2) is 0 Å². The van der Waals surface area contributed by atoms with E-state index >= 15 is 0 Å². The predicted octanol–water partition coefficient (Wildman–Crippen LogP) is 3.28. The Morgan fingerprint density at radius 2 is 1.86 bits per heavy atom. The van der Waals surface area contributed by atoms with Gasteiger partial charge in [0.05, 0.1) is 6.10 Å². The Balaban J connectivity index is 1.93. The molecule has 112 valence electrons. The molecular weight excluding hydrogens is 282 g/mol. The number of phenolic OH excluding ortho intramolecular Hbond substituents is 1. The molecule has 0 aromatic heterocycles. The quantitative estimate of drug-likeness (QED) is 0.804. The minimum absolute atomic E-state index is 0.272. The van der Waals surface area contributed by atoms with Crippen molar-refractivity contribution in [2.24, 2.45) is 0 Å². The van der Waals surface area contributed by atoms with Gasteiger partial charge in [0.2, 0.25) is 0 Å². The fourth-order valence-corrected chi connectivity index (χ4v) is 2.67. The van der Waals surface area contributed by atoms with Crippen molar-refractivity contribution in [1.29, 1.82) is 0 Å². The molecule has 2 N–H and O–H groups in total. The van der Waals surface area contributed by atoms with Crippen LogP contribution in [0.1, 0.15) is 17.2 Å². The highest BCUT2D eigenvalue weighted by Gasteiger charge is 2.11. The summed E-state index contributed by atoms with van der Waals surface area (Å²) in [7, 11) is 1.96. The third-order valence-electron chi connectivity index (χ3n) is 3.35. The first-order chi connectivity index (χ1) is 10.1. The molecule has 0 aliphatic heterocycles. The van der Waals surface area contributed by atoms with Gasteiger partial charge in [0.1, 0.15) is 5.75 Å². The molecule has 0 bridgehead atoms. The lowest BCUT2D eigenvalue weighted by atomic mass is 10.1. The van der Waals surface area contributed by atoms with E-state index in [1.807, 2.05) is 54.6 Å². The van der Waals surface area contributed by atoms with E-state index in [4.69, 9.17) is 0 Å². The van der Waals surface area contributed by atoms with Gasteiger partial charge in [-0.15, -0.1) is 11.8 Å². The van der Waals surface area contributed by atoms with E-state index in [1.165, 1.54) is 4.90 Å². The third kappa shape index (κ3) is 4.77. The molecule has 2 rings (SSSR count). The van der Waals surface area contributed by atoms with Crippen LogP contribution in [0.25, 0.3) is 0 Å². The fraction of sp³-hybridized carbons (Fsp3) is 0.294. The smallest absolute Gasteiger partial charge is 0.115 e. The Bertz CT molecular complexity index is 571. The summed E-state index contributed by atoms with van der Waals surface area (Å²) in [6.07, 6.45) is 1.53. The Hall–Kier alpha value is -1.49. The molecule has 0 spiro atoms. The Kier molecular flexibility index (Phi) is 5.67. The van der Waals surface area contributed by atoms with Crippen LogP contribution in [0, 0.1) is 0 Å². The summed E-state index contributed by atoms with van der Waals surface area (Å²) >= 11 is 1.69. The van der Waals surface area contributed by atoms with Crippen molar-refractivity contribution >= 4 is 11.8 Å². The van der Waals surface area contributed by atoms with Gasteiger partial charge in [-0.05, 0) is 48.7 Å². The van der Waals surface area contributed by atoms with Crippen LogP contribution in [0.3, 0.4) is 0 Å². The number of aromatic hydroxyl groups is 1. The number of aliphatic hydroxyl groups excluding tert-OH is 1. The van der Waals surface area contributed by atoms with E-state index in [0.717, 1.165) is 11.1 Å². The molecule has 2 aromatic rings. The number of rotatable bonds is 6. The van der Waals surface area contributed by atoms with Crippen LogP contribution in [0.15, 0.2) is 53.4 Å². The van der Waals surface area contributed by atoms with Crippen molar-refractivity contribution < 1.29 is 10.2 Å². The van der Waals surface area contributed by atoms with Gasteiger partial charge in [-0.1, -0.05) is 24.3 Å². The Morgan fingerprint density at radius 3 is 2.48 bits per heavy atom. The summed E-state index contributed by atoms with van der Waals surface area (Å²) in [5.74, 6) is 0.272. The predicted molar refractivity (Wildman–Crippen MR) is 87.6 cm³/mol. The minimum atomic E-state index is -0.511. The molecule has 4 heteroatoms. The molecule has 1 unspecified atom stereocenters. The second kappa shape index (κ2) is 7.50. The number of hydrogen-bond donors (Lipinski definition) is 2. The summed E-state index contributed by atoms with van der Waals surface area (Å²) in [4.78, 5) is 3.24. The molecule has 0 radical (unpaired) electrons. The van der Waals surface area contributed by atoms with Gasteiger partial charge in [-0.2, -0.15) is 0 Å². The van der Waals surface area contributed by atoms with Crippen molar-refractivity contribution in [1.82, 2.24) is 4.90 Å². The summed E-state index contributed by atoms with van der Waals surface area (Å²) in [5, 5.41) is 19.8. The fourth-order valence-electron chi connectivity index (χ4n) is 2.26. The normalized spacial score (nSPS) is 12.6. The molecule has 0 saturated carbocycles. The number of nitrogens with zero attached hydrogens (tertiary/aromatic N) is 1. The molecule has 0 amide bonds. The van der Waals surface area contributed by atoms with Crippen LogP contribution >= 0.6 is 11.8 Å². The van der Waals surface area contributed by atoms with Crippen molar-refractivity contribution in [2.75, 3.05) is 19.8 Å². The molecule has 2 aromatic carbocycles. The first-order valence-corrected chi connectivity index (χ1v) is 8.09. The van der Waals surface area contributed by atoms with E-state index in [2.05, 4.69) is 0 Å². The van der Waals surface area contributed by atoms with Crippen molar-refractivity contribution in [3.63, 3.8) is 0 Å². The van der Waals surface area contributed by atoms with Gasteiger partial charge in [-0.3, -0.25) is 4.90 Å². The maximum absolute atomic E-state index is 10.3. The van der Waals surface area contributed by atoms with E-state index < -0.39 is 6.10 Å². The zero-order valence-corrected chi connectivity index (χ0v) is 13.2. The van der Waals surface area contributed by atoms with E-state index in [9.17, 15) is 10.2 Å². The standard InChI is InChI=1S/C17H21NO2S/c1-18(11-13-4-3-5-15(19)10-13)12-17(20)14-6-8-16(21-2)9-7-14/h3-10,17,19-20H,11-12H2,1-2H3. The maximum atomic E-state index is 10.3. The second-order valence-electron chi connectivity index (χ2n) is 5.16. The number of benzene rings is 2. The Labute approximate surface area is 130 Å². The number of phenols is 1. The summed E-state index contributed by atoms with van der Waals surface area (Å²) in [5.41, 5.74) is 1.96. The van der Waals surface area contributed by atoms with Crippen LogP contribution in [-0.2, 0) is 6.54 Å². The SMILES string of the molecule is CSc1ccc(C(O)CN(C)Cc2cccc(O)c2)cc1. The summed E-state index contributed by atoms with van der Waals surface area (Å²) < 4.78 is 0. The largest absolute Gasteiger partial charge is 0.508 e. The highest BCUT2D eigenvalue weighted by atomic mass is 32.2. The van der Waals surface area contributed by atoms with Crippen molar-refractivity contribution in [3.05, 3.63) is 59.7 Å². The van der Waals surface area contributed by atoms with Crippen LogP contribution in [0.5, 0.6) is 5.75 Å². The highest BCUT2D eigenvalue weighted by Crippen LogP contribution is 2.20. The van der Waals surface area contributed by atoms with E-state index in [0.29, 0.717) is 13.1 Å². The van der Waals surface area contributed by atoms with E-state index in [1.54, 1.807) is 23.9 Å². The molecule has 0 fully saturated rings. The van der Waals surface area contributed by atoms with Crippen LogP contribution in [-0.4, -0.2) is 35.0 Å². The lowest BCUT2D eigenvalue weighted by Crippen LogP contribution is -2.24. The lowest BCUT2D eigenvalue weighted by Gasteiger charge is -2.21. The zero-order valence-electron chi connectivity index (χ0n) is 12.4. The molecule has 21 heavy (non-hydrogen) atoms. The van der Waals surface area contributed by atoms with Gasteiger partial charge in [0.15, 0.2) is 0 Å². The second-order valence-corrected chi connectivity index (χ2v) is 6.04. The summed E-state index contributed by atoms with van der Waals surface area (Å²) in [6, 6.07) is 15.2. The van der Waals surface area contributed by atoms with Crippen LogP contribution < -0.4 is 0 Å². The van der Waals surface area contributed by atoms with Gasteiger partial charge < -0.3 is 10.2 Å². The van der Waals surface area contributed by atoms with Gasteiger partial charge in [0.25, 0.3) is 0 Å².